The van der Waals surface area contributed by atoms with Crippen molar-refractivity contribution in [3.8, 4) is 0 Å². The molecule has 3 heteroatoms. The van der Waals surface area contributed by atoms with Crippen LogP contribution < -0.4 is 0 Å². The highest BCUT2D eigenvalue weighted by Crippen LogP contribution is 2.30. The third-order valence-electron chi connectivity index (χ3n) is 4.04. The van der Waals surface area contributed by atoms with Gasteiger partial charge < -0.3 is 0 Å². The number of hydrogen-bond donors (Lipinski definition) is 0. The monoisotopic (exact) mass is 462 g/mol. The van der Waals surface area contributed by atoms with Crippen LogP contribution in [-0.2, 0) is 6.42 Å². The fourth-order valence-corrected chi connectivity index (χ4v) is 4.59. The standard InChI is InChI=1S/C21H19IS2/c1-14-12-20(22)15(2)11-17(14)5-4-9-23-16(3)18-6-7-21-19(13-18)8-10-24-21/h4,6-13H,3,5H2,1-2H3/b9-4+. The molecule has 3 aromatic rings. The van der Waals surface area contributed by atoms with Gasteiger partial charge in [-0.1, -0.05) is 36.5 Å². The van der Waals surface area contributed by atoms with E-state index < -0.39 is 0 Å². The zero-order chi connectivity index (χ0) is 17.1. The number of allylic oxidation sites excluding steroid dienone is 1. The summed E-state index contributed by atoms with van der Waals surface area (Å²) in [6, 6.07) is 13.3. The number of thioether (sulfide) groups is 1. The second kappa shape index (κ2) is 7.89. The Kier molecular flexibility index (Phi) is 5.85. The van der Waals surface area contributed by atoms with Gasteiger partial charge in [0.05, 0.1) is 0 Å². The lowest BCUT2D eigenvalue weighted by molar-refractivity contribution is 1.19. The topological polar surface area (TPSA) is 0 Å². The van der Waals surface area contributed by atoms with Crippen LogP contribution in [0.5, 0.6) is 0 Å². The lowest BCUT2D eigenvalue weighted by atomic mass is 10.0. The van der Waals surface area contributed by atoms with Gasteiger partial charge in [-0.05, 0) is 106 Å². The van der Waals surface area contributed by atoms with Crippen LogP contribution in [-0.4, -0.2) is 0 Å². The van der Waals surface area contributed by atoms with E-state index in [0.29, 0.717) is 0 Å². The lowest BCUT2D eigenvalue weighted by Gasteiger charge is -2.07. The number of hydrogen-bond acceptors (Lipinski definition) is 2. The van der Waals surface area contributed by atoms with Crippen LogP contribution in [0.1, 0.15) is 22.3 Å². The fraction of sp³-hybridized carbons (Fsp3) is 0.143. The Morgan fingerprint density at radius 1 is 1.17 bits per heavy atom. The molecule has 24 heavy (non-hydrogen) atoms. The number of fused-ring (bicyclic) bond motifs is 1. The number of rotatable bonds is 5. The molecule has 0 unspecified atom stereocenters. The van der Waals surface area contributed by atoms with Crippen LogP contribution in [0.3, 0.4) is 0 Å². The van der Waals surface area contributed by atoms with E-state index in [2.05, 4.69) is 96.3 Å². The zero-order valence-electron chi connectivity index (χ0n) is 13.8. The average Bonchev–Trinajstić information content (AvgIpc) is 3.03. The van der Waals surface area contributed by atoms with Crippen molar-refractivity contribution < 1.29 is 0 Å². The van der Waals surface area contributed by atoms with Gasteiger partial charge >= 0.3 is 0 Å². The molecule has 1 heterocycles. The Bertz CT molecular complexity index is 919. The van der Waals surface area contributed by atoms with Crippen LogP contribution in [0.2, 0.25) is 0 Å². The van der Waals surface area contributed by atoms with Crippen LogP contribution in [0.4, 0.5) is 0 Å². The van der Waals surface area contributed by atoms with Crippen molar-refractivity contribution in [2.75, 3.05) is 0 Å². The highest BCUT2D eigenvalue weighted by atomic mass is 127. The summed E-state index contributed by atoms with van der Waals surface area (Å²) < 4.78 is 2.67. The van der Waals surface area contributed by atoms with Crippen molar-refractivity contribution in [1.29, 1.82) is 0 Å². The molecule has 0 saturated heterocycles. The molecule has 0 fully saturated rings. The molecule has 0 nitrogen and oxygen atoms in total. The van der Waals surface area contributed by atoms with E-state index in [-0.39, 0.29) is 0 Å². The molecule has 3 rings (SSSR count). The van der Waals surface area contributed by atoms with Crippen molar-refractivity contribution in [2.45, 2.75) is 20.3 Å². The van der Waals surface area contributed by atoms with Crippen molar-refractivity contribution >= 4 is 60.7 Å². The van der Waals surface area contributed by atoms with Crippen LogP contribution in [0.15, 0.2) is 59.8 Å². The summed E-state index contributed by atoms with van der Waals surface area (Å²) in [6.07, 6.45) is 3.20. The molecule has 0 atom stereocenters. The maximum atomic E-state index is 4.22. The first-order valence-electron chi connectivity index (χ1n) is 7.78. The van der Waals surface area contributed by atoms with Gasteiger partial charge in [0, 0.05) is 13.2 Å². The summed E-state index contributed by atoms with van der Waals surface area (Å²) in [5.41, 5.74) is 5.32. The minimum Gasteiger partial charge on any atom is -0.144 e. The minimum atomic E-state index is 0.966. The van der Waals surface area contributed by atoms with Crippen molar-refractivity contribution in [3.05, 3.63) is 85.7 Å². The van der Waals surface area contributed by atoms with Gasteiger partial charge in [0.2, 0.25) is 0 Å². The largest absolute Gasteiger partial charge is 0.144 e. The SMILES string of the molecule is C=C(S/C=C/Cc1cc(C)c(I)cc1C)c1ccc2sccc2c1. The summed E-state index contributed by atoms with van der Waals surface area (Å²) in [5, 5.41) is 5.59. The quantitative estimate of drug-likeness (QED) is 0.352. The normalized spacial score (nSPS) is 11.5. The Labute approximate surface area is 165 Å². The first kappa shape index (κ1) is 17.8. The maximum Gasteiger partial charge on any atom is 0.0343 e. The summed E-state index contributed by atoms with van der Waals surface area (Å²) >= 11 is 5.88. The molecular formula is C21H19IS2. The van der Waals surface area contributed by atoms with Gasteiger partial charge in [0.15, 0.2) is 0 Å². The molecule has 0 radical (unpaired) electrons. The van der Waals surface area contributed by atoms with E-state index in [1.54, 1.807) is 23.1 Å². The molecule has 0 amide bonds. The Balaban J connectivity index is 1.63. The van der Waals surface area contributed by atoms with Gasteiger partial charge in [-0.25, -0.2) is 0 Å². The average molecular weight is 462 g/mol. The first-order valence-corrected chi connectivity index (χ1v) is 10.6. The maximum absolute atomic E-state index is 4.22. The number of halogens is 1. The van der Waals surface area contributed by atoms with Crippen LogP contribution in [0, 0.1) is 17.4 Å². The van der Waals surface area contributed by atoms with E-state index >= 15 is 0 Å². The van der Waals surface area contributed by atoms with Crippen LogP contribution >= 0.6 is 45.7 Å². The predicted molar refractivity (Wildman–Crippen MR) is 120 cm³/mol. The van der Waals surface area contributed by atoms with E-state index in [9.17, 15) is 0 Å². The second-order valence-corrected chi connectivity index (χ2v) is 8.93. The third kappa shape index (κ3) is 4.13. The van der Waals surface area contributed by atoms with Gasteiger partial charge in [0.25, 0.3) is 0 Å². The molecular weight excluding hydrogens is 443 g/mol. The molecule has 0 saturated carbocycles. The van der Waals surface area contributed by atoms with Gasteiger partial charge in [0.1, 0.15) is 0 Å². The highest BCUT2D eigenvalue weighted by molar-refractivity contribution is 14.1. The van der Waals surface area contributed by atoms with Gasteiger partial charge in [-0.15, -0.1) is 11.3 Å². The van der Waals surface area contributed by atoms with Gasteiger partial charge in [-0.3, -0.25) is 0 Å². The Morgan fingerprint density at radius 3 is 2.83 bits per heavy atom. The van der Waals surface area contributed by atoms with E-state index in [1.165, 1.54) is 35.9 Å². The van der Waals surface area contributed by atoms with E-state index in [4.69, 9.17) is 0 Å². The molecule has 1 aromatic heterocycles. The van der Waals surface area contributed by atoms with Crippen molar-refractivity contribution in [2.24, 2.45) is 0 Å². The van der Waals surface area contributed by atoms with Crippen LogP contribution in [0.25, 0.3) is 15.0 Å². The fourth-order valence-electron chi connectivity index (χ4n) is 2.57. The van der Waals surface area contributed by atoms with Gasteiger partial charge in [-0.2, -0.15) is 0 Å². The molecule has 0 bridgehead atoms. The number of thiophene rings is 1. The lowest BCUT2D eigenvalue weighted by Crippen LogP contribution is -1.91. The van der Waals surface area contributed by atoms with Crippen molar-refractivity contribution in [3.63, 3.8) is 0 Å². The first-order chi connectivity index (χ1) is 11.5. The molecule has 122 valence electrons. The highest BCUT2D eigenvalue weighted by Gasteiger charge is 2.03. The second-order valence-electron chi connectivity index (χ2n) is 5.82. The summed E-state index contributed by atoms with van der Waals surface area (Å²) in [6.45, 7) is 8.58. The number of benzene rings is 2. The van der Waals surface area contributed by atoms with E-state index in [1.807, 2.05) is 0 Å². The van der Waals surface area contributed by atoms with Crippen molar-refractivity contribution in [1.82, 2.24) is 0 Å². The molecule has 0 aliphatic rings. The number of aryl methyl sites for hydroxylation is 2. The molecule has 0 aliphatic carbocycles. The zero-order valence-corrected chi connectivity index (χ0v) is 17.6. The van der Waals surface area contributed by atoms with E-state index in [0.717, 1.165) is 11.3 Å². The Morgan fingerprint density at radius 2 is 2.00 bits per heavy atom. The predicted octanol–water partition coefficient (Wildman–Crippen LogP) is 7.58. The minimum absolute atomic E-state index is 0.966. The summed E-state index contributed by atoms with van der Waals surface area (Å²) in [5.74, 6) is 0. The Hall–Kier alpha value is -1.04. The molecule has 2 aromatic carbocycles. The molecule has 0 spiro atoms. The molecule has 0 aliphatic heterocycles. The smallest absolute Gasteiger partial charge is 0.0343 e. The molecule has 0 N–H and O–H groups in total. The summed E-state index contributed by atoms with van der Waals surface area (Å²) in [7, 11) is 0. The third-order valence-corrected chi connectivity index (χ3v) is 6.94. The summed E-state index contributed by atoms with van der Waals surface area (Å²) in [4.78, 5) is 1.09.